The van der Waals surface area contributed by atoms with Crippen molar-refractivity contribution in [2.75, 3.05) is 5.32 Å². The van der Waals surface area contributed by atoms with Crippen LogP contribution in [0.2, 0.25) is 0 Å². The molecular formula is C17H20BrN. The van der Waals surface area contributed by atoms with E-state index in [0.29, 0.717) is 6.04 Å². The molecule has 0 heterocycles. The zero-order valence-corrected chi connectivity index (χ0v) is 13.5. The van der Waals surface area contributed by atoms with Crippen LogP contribution in [-0.4, -0.2) is 0 Å². The van der Waals surface area contributed by atoms with Crippen LogP contribution in [-0.2, 0) is 0 Å². The average molecular weight is 318 g/mol. The zero-order chi connectivity index (χ0) is 14.0. The Balaban J connectivity index is 2.25. The first kappa shape index (κ1) is 14.1. The van der Waals surface area contributed by atoms with Gasteiger partial charge in [-0.1, -0.05) is 29.8 Å². The van der Waals surface area contributed by atoms with Crippen molar-refractivity contribution in [1.29, 1.82) is 0 Å². The molecule has 2 aromatic rings. The third-order valence-corrected chi connectivity index (χ3v) is 4.05. The third kappa shape index (κ3) is 3.38. The maximum Gasteiger partial charge on any atom is 0.0489 e. The molecule has 0 radical (unpaired) electrons. The second-order valence-corrected chi connectivity index (χ2v) is 6.06. The van der Waals surface area contributed by atoms with Crippen molar-refractivity contribution < 1.29 is 0 Å². The van der Waals surface area contributed by atoms with E-state index in [0.717, 1.165) is 10.2 Å². The number of hydrogen-bond acceptors (Lipinski definition) is 1. The minimum atomic E-state index is 0.291. The van der Waals surface area contributed by atoms with Crippen molar-refractivity contribution in [2.45, 2.75) is 33.7 Å². The van der Waals surface area contributed by atoms with Gasteiger partial charge in [-0.15, -0.1) is 0 Å². The highest BCUT2D eigenvalue weighted by molar-refractivity contribution is 9.10. The lowest BCUT2D eigenvalue weighted by molar-refractivity contribution is 0.871. The molecule has 0 aromatic heterocycles. The second-order valence-electron chi connectivity index (χ2n) is 5.21. The van der Waals surface area contributed by atoms with E-state index < -0.39 is 0 Å². The molecule has 0 aliphatic carbocycles. The predicted octanol–water partition coefficient (Wildman–Crippen LogP) is 5.55. The maximum atomic E-state index is 3.62. The van der Waals surface area contributed by atoms with Gasteiger partial charge in [-0.2, -0.15) is 0 Å². The van der Waals surface area contributed by atoms with E-state index in [9.17, 15) is 0 Å². The quantitative estimate of drug-likeness (QED) is 0.782. The molecule has 0 fully saturated rings. The van der Waals surface area contributed by atoms with E-state index in [1.807, 2.05) is 0 Å². The maximum absolute atomic E-state index is 3.62. The van der Waals surface area contributed by atoms with Crippen LogP contribution in [0.3, 0.4) is 0 Å². The number of hydrogen-bond donors (Lipinski definition) is 1. The van der Waals surface area contributed by atoms with E-state index in [1.165, 1.54) is 22.3 Å². The lowest BCUT2D eigenvalue weighted by Crippen LogP contribution is -2.09. The summed E-state index contributed by atoms with van der Waals surface area (Å²) in [5, 5.41) is 3.57. The Morgan fingerprint density at radius 3 is 2.26 bits per heavy atom. The van der Waals surface area contributed by atoms with Gasteiger partial charge in [0.1, 0.15) is 0 Å². The molecule has 2 rings (SSSR count). The summed E-state index contributed by atoms with van der Waals surface area (Å²) < 4.78 is 1.12. The van der Waals surface area contributed by atoms with Crippen LogP contribution in [0.15, 0.2) is 40.9 Å². The first-order chi connectivity index (χ1) is 8.97. The molecule has 19 heavy (non-hydrogen) atoms. The Labute approximate surface area is 124 Å². The van der Waals surface area contributed by atoms with Gasteiger partial charge in [0.05, 0.1) is 0 Å². The second kappa shape index (κ2) is 5.79. The fourth-order valence-corrected chi connectivity index (χ4v) is 2.88. The van der Waals surface area contributed by atoms with Gasteiger partial charge in [0.2, 0.25) is 0 Å². The monoisotopic (exact) mass is 317 g/mol. The Hall–Kier alpha value is -1.28. The van der Waals surface area contributed by atoms with E-state index in [1.54, 1.807) is 0 Å². The summed E-state index contributed by atoms with van der Waals surface area (Å²) in [4.78, 5) is 0. The molecule has 1 atom stereocenters. The van der Waals surface area contributed by atoms with Crippen molar-refractivity contribution in [3.05, 3.63) is 63.1 Å². The minimum absolute atomic E-state index is 0.291. The van der Waals surface area contributed by atoms with Crippen LogP contribution in [0, 0.1) is 20.8 Å². The van der Waals surface area contributed by atoms with Gasteiger partial charge in [-0.05, 0) is 72.4 Å². The molecule has 0 amide bonds. The molecule has 100 valence electrons. The van der Waals surface area contributed by atoms with Gasteiger partial charge in [-0.25, -0.2) is 0 Å². The van der Waals surface area contributed by atoms with E-state index in [4.69, 9.17) is 0 Å². The van der Waals surface area contributed by atoms with Gasteiger partial charge in [0.15, 0.2) is 0 Å². The summed E-state index contributed by atoms with van der Waals surface area (Å²) in [6, 6.07) is 13.3. The summed E-state index contributed by atoms with van der Waals surface area (Å²) in [5.74, 6) is 0. The van der Waals surface area contributed by atoms with Crippen LogP contribution >= 0.6 is 15.9 Å². The van der Waals surface area contributed by atoms with E-state index in [-0.39, 0.29) is 0 Å². The molecular weight excluding hydrogens is 298 g/mol. The van der Waals surface area contributed by atoms with Crippen molar-refractivity contribution in [1.82, 2.24) is 0 Å². The summed E-state index contributed by atoms with van der Waals surface area (Å²) in [7, 11) is 0. The highest BCUT2D eigenvalue weighted by Crippen LogP contribution is 2.28. The highest BCUT2D eigenvalue weighted by Gasteiger charge is 2.10. The largest absolute Gasteiger partial charge is 0.378 e. The summed E-state index contributed by atoms with van der Waals surface area (Å²) >= 11 is 3.62. The summed E-state index contributed by atoms with van der Waals surface area (Å²) in [5.41, 5.74) is 6.38. The number of halogens is 1. The standard InChI is InChI=1S/C17H20BrN/c1-11-5-7-13(3)15(9-11)14(4)19-17-8-6-12(2)10-16(17)18/h5-10,14,19H,1-4H3. The molecule has 0 saturated heterocycles. The number of nitrogens with one attached hydrogen (secondary N) is 1. The lowest BCUT2D eigenvalue weighted by atomic mass is 10.00. The number of aryl methyl sites for hydroxylation is 3. The van der Waals surface area contributed by atoms with E-state index in [2.05, 4.69) is 85.3 Å². The molecule has 0 saturated carbocycles. The Bertz CT molecular complexity index is 590. The Morgan fingerprint density at radius 2 is 1.58 bits per heavy atom. The number of benzene rings is 2. The first-order valence-electron chi connectivity index (χ1n) is 6.57. The molecule has 0 bridgehead atoms. The van der Waals surface area contributed by atoms with Crippen LogP contribution < -0.4 is 5.32 Å². The third-order valence-electron chi connectivity index (χ3n) is 3.40. The lowest BCUT2D eigenvalue weighted by Gasteiger charge is -2.19. The summed E-state index contributed by atoms with van der Waals surface area (Å²) in [6.07, 6.45) is 0. The van der Waals surface area contributed by atoms with Crippen LogP contribution in [0.1, 0.15) is 35.2 Å². The molecule has 0 aliphatic heterocycles. The predicted molar refractivity (Wildman–Crippen MR) is 86.8 cm³/mol. The molecule has 0 spiro atoms. The minimum Gasteiger partial charge on any atom is -0.378 e. The normalized spacial score (nSPS) is 12.3. The van der Waals surface area contributed by atoms with Gasteiger partial charge in [0.25, 0.3) is 0 Å². The fourth-order valence-electron chi connectivity index (χ4n) is 2.27. The highest BCUT2D eigenvalue weighted by atomic mass is 79.9. The van der Waals surface area contributed by atoms with Crippen LogP contribution in [0.4, 0.5) is 5.69 Å². The van der Waals surface area contributed by atoms with Crippen LogP contribution in [0.5, 0.6) is 0 Å². The molecule has 1 unspecified atom stereocenters. The summed E-state index contributed by atoms with van der Waals surface area (Å²) in [6.45, 7) is 8.60. The van der Waals surface area contributed by atoms with Crippen molar-refractivity contribution in [3.63, 3.8) is 0 Å². The average Bonchev–Trinajstić information content (AvgIpc) is 2.35. The van der Waals surface area contributed by atoms with Crippen molar-refractivity contribution >= 4 is 21.6 Å². The SMILES string of the molecule is Cc1ccc(NC(C)c2cc(C)ccc2C)c(Br)c1. The van der Waals surface area contributed by atoms with Gasteiger partial charge in [0, 0.05) is 16.2 Å². The van der Waals surface area contributed by atoms with Crippen molar-refractivity contribution in [2.24, 2.45) is 0 Å². The van der Waals surface area contributed by atoms with Crippen molar-refractivity contribution in [3.8, 4) is 0 Å². The molecule has 1 nitrogen and oxygen atoms in total. The molecule has 0 aliphatic rings. The fraction of sp³-hybridized carbons (Fsp3) is 0.294. The number of rotatable bonds is 3. The zero-order valence-electron chi connectivity index (χ0n) is 11.9. The molecule has 2 heteroatoms. The molecule has 1 N–H and O–H groups in total. The topological polar surface area (TPSA) is 12.0 Å². The van der Waals surface area contributed by atoms with Crippen LogP contribution in [0.25, 0.3) is 0 Å². The van der Waals surface area contributed by atoms with Gasteiger partial charge < -0.3 is 5.32 Å². The number of anilines is 1. The van der Waals surface area contributed by atoms with E-state index >= 15 is 0 Å². The smallest absolute Gasteiger partial charge is 0.0489 e. The Kier molecular flexibility index (Phi) is 4.31. The first-order valence-corrected chi connectivity index (χ1v) is 7.36. The van der Waals surface area contributed by atoms with Gasteiger partial charge in [-0.3, -0.25) is 0 Å². The van der Waals surface area contributed by atoms with Gasteiger partial charge >= 0.3 is 0 Å². The molecule has 2 aromatic carbocycles. The Morgan fingerprint density at radius 1 is 0.947 bits per heavy atom.